The first-order chi connectivity index (χ1) is 8.58. The molecule has 1 fully saturated rings. The fraction of sp³-hybridized carbons (Fsp3) is 0.462. The first-order valence-electron chi connectivity index (χ1n) is 5.90. The lowest BCUT2D eigenvalue weighted by Gasteiger charge is -2.28. The van der Waals surface area contributed by atoms with Crippen LogP contribution in [0.2, 0.25) is 5.02 Å². The smallest absolute Gasteiger partial charge is 0.253 e. The number of amides is 1. The molecule has 1 aliphatic rings. The SMILES string of the molecule is O=C(NC1(CCl)CCCC1)c1cccc(Br)c1Cl. The van der Waals surface area contributed by atoms with Gasteiger partial charge >= 0.3 is 0 Å². The number of hydrogen-bond donors (Lipinski definition) is 1. The van der Waals surface area contributed by atoms with Crippen LogP contribution in [0.25, 0.3) is 0 Å². The van der Waals surface area contributed by atoms with E-state index in [1.807, 2.05) is 6.07 Å². The summed E-state index contributed by atoms with van der Waals surface area (Å²) in [4.78, 5) is 12.3. The molecular formula is C13H14BrCl2NO. The number of carbonyl (C=O) groups is 1. The molecule has 1 saturated carbocycles. The van der Waals surface area contributed by atoms with E-state index in [9.17, 15) is 4.79 Å². The molecule has 1 aliphatic carbocycles. The molecule has 0 radical (unpaired) electrons. The molecule has 98 valence electrons. The molecule has 1 amide bonds. The highest BCUT2D eigenvalue weighted by Crippen LogP contribution is 2.32. The third kappa shape index (κ3) is 2.84. The van der Waals surface area contributed by atoms with Gasteiger partial charge in [-0.2, -0.15) is 0 Å². The molecule has 1 aromatic carbocycles. The lowest BCUT2D eigenvalue weighted by atomic mass is 9.99. The summed E-state index contributed by atoms with van der Waals surface area (Å²) in [6.45, 7) is 0. The number of nitrogens with one attached hydrogen (secondary N) is 1. The Morgan fingerprint density at radius 2 is 2.06 bits per heavy atom. The monoisotopic (exact) mass is 349 g/mol. The molecule has 2 nitrogen and oxygen atoms in total. The molecule has 0 aliphatic heterocycles. The van der Waals surface area contributed by atoms with Crippen molar-refractivity contribution in [2.24, 2.45) is 0 Å². The molecule has 0 spiro atoms. The highest BCUT2D eigenvalue weighted by Gasteiger charge is 2.35. The van der Waals surface area contributed by atoms with Gasteiger partial charge in [0.25, 0.3) is 5.91 Å². The fourth-order valence-corrected chi connectivity index (χ4v) is 3.24. The largest absolute Gasteiger partial charge is 0.345 e. The topological polar surface area (TPSA) is 29.1 Å². The molecule has 0 heterocycles. The number of halogens is 3. The van der Waals surface area contributed by atoms with Gasteiger partial charge in [0, 0.05) is 10.4 Å². The lowest BCUT2D eigenvalue weighted by Crippen LogP contribution is -2.48. The van der Waals surface area contributed by atoms with Crippen LogP contribution < -0.4 is 5.32 Å². The molecule has 1 aromatic rings. The standard InChI is InChI=1S/C13H14BrCl2NO/c14-10-5-3-4-9(11(10)16)12(18)17-13(8-15)6-1-2-7-13/h3-5H,1-2,6-8H2,(H,17,18). The Morgan fingerprint density at radius 3 is 2.67 bits per heavy atom. The maximum absolute atomic E-state index is 12.3. The van der Waals surface area contributed by atoms with E-state index in [1.54, 1.807) is 12.1 Å². The van der Waals surface area contributed by atoms with E-state index in [-0.39, 0.29) is 11.4 Å². The lowest BCUT2D eigenvalue weighted by molar-refractivity contribution is 0.0909. The summed E-state index contributed by atoms with van der Waals surface area (Å²) < 4.78 is 0.725. The Kier molecular flexibility index (Phi) is 4.57. The maximum Gasteiger partial charge on any atom is 0.253 e. The Bertz CT molecular complexity index is 458. The first kappa shape index (κ1) is 14.2. The van der Waals surface area contributed by atoms with Crippen LogP contribution in [0, 0.1) is 0 Å². The summed E-state index contributed by atoms with van der Waals surface area (Å²) in [6.07, 6.45) is 4.10. The Labute approximate surface area is 125 Å². The number of carbonyl (C=O) groups excluding carboxylic acids is 1. The molecule has 18 heavy (non-hydrogen) atoms. The quantitative estimate of drug-likeness (QED) is 0.805. The average molecular weight is 351 g/mol. The summed E-state index contributed by atoms with van der Waals surface area (Å²) in [5.41, 5.74) is 0.229. The molecule has 0 unspecified atom stereocenters. The number of hydrogen-bond acceptors (Lipinski definition) is 1. The highest BCUT2D eigenvalue weighted by atomic mass is 79.9. The van der Waals surface area contributed by atoms with Crippen molar-refractivity contribution in [3.8, 4) is 0 Å². The summed E-state index contributed by atoms with van der Waals surface area (Å²) in [6, 6.07) is 5.33. The van der Waals surface area contributed by atoms with E-state index in [4.69, 9.17) is 23.2 Å². The van der Waals surface area contributed by atoms with Gasteiger partial charge in [-0.25, -0.2) is 0 Å². The van der Waals surface area contributed by atoms with Crippen molar-refractivity contribution in [3.63, 3.8) is 0 Å². The number of alkyl halides is 1. The van der Waals surface area contributed by atoms with Crippen LogP contribution in [0.5, 0.6) is 0 Å². The first-order valence-corrected chi connectivity index (χ1v) is 7.61. The zero-order chi connectivity index (χ0) is 13.2. The van der Waals surface area contributed by atoms with Crippen LogP contribution in [-0.2, 0) is 0 Å². The van der Waals surface area contributed by atoms with Crippen molar-refractivity contribution in [1.29, 1.82) is 0 Å². The van der Waals surface area contributed by atoms with Gasteiger partial charge in [0.15, 0.2) is 0 Å². The van der Waals surface area contributed by atoms with Crippen LogP contribution in [0.3, 0.4) is 0 Å². The molecular weight excluding hydrogens is 337 g/mol. The Balaban J connectivity index is 2.19. The zero-order valence-corrected chi connectivity index (χ0v) is 12.9. The van der Waals surface area contributed by atoms with E-state index in [0.717, 1.165) is 30.2 Å². The predicted molar refractivity (Wildman–Crippen MR) is 78.5 cm³/mol. The van der Waals surface area contributed by atoms with E-state index >= 15 is 0 Å². The van der Waals surface area contributed by atoms with Crippen LogP contribution >= 0.6 is 39.1 Å². The number of benzene rings is 1. The van der Waals surface area contributed by atoms with Gasteiger partial charge in [-0.05, 0) is 40.9 Å². The van der Waals surface area contributed by atoms with E-state index in [0.29, 0.717) is 16.5 Å². The van der Waals surface area contributed by atoms with Crippen LogP contribution in [0.15, 0.2) is 22.7 Å². The minimum atomic E-state index is -0.260. The summed E-state index contributed by atoms with van der Waals surface area (Å²) in [5, 5.41) is 3.49. The molecule has 0 atom stereocenters. The average Bonchev–Trinajstić information content (AvgIpc) is 2.81. The second-order valence-corrected chi connectivity index (χ2v) is 6.18. The van der Waals surface area contributed by atoms with Gasteiger partial charge < -0.3 is 5.32 Å². The van der Waals surface area contributed by atoms with Crippen molar-refractivity contribution < 1.29 is 4.79 Å². The Hall–Kier alpha value is -0.250. The van der Waals surface area contributed by atoms with Crippen LogP contribution in [-0.4, -0.2) is 17.3 Å². The van der Waals surface area contributed by atoms with Crippen molar-refractivity contribution in [2.75, 3.05) is 5.88 Å². The van der Waals surface area contributed by atoms with E-state index < -0.39 is 0 Å². The van der Waals surface area contributed by atoms with Gasteiger partial charge in [-0.3, -0.25) is 4.79 Å². The molecule has 5 heteroatoms. The summed E-state index contributed by atoms with van der Waals surface area (Å²) in [5.74, 6) is 0.300. The Morgan fingerprint density at radius 1 is 1.39 bits per heavy atom. The summed E-state index contributed by atoms with van der Waals surface area (Å²) >= 11 is 15.5. The number of rotatable bonds is 3. The maximum atomic E-state index is 12.3. The third-order valence-corrected chi connectivity index (χ3v) is 5.20. The summed E-state index contributed by atoms with van der Waals surface area (Å²) in [7, 11) is 0. The molecule has 0 saturated heterocycles. The molecule has 0 aromatic heterocycles. The van der Waals surface area contributed by atoms with Gasteiger partial charge in [0.05, 0.1) is 16.1 Å². The van der Waals surface area contributed by atoms with Gasteiger partial charge in [0.1, 0.15) is 0 Å². The molecule has 2 rings (SSSR count). The predicted octanol–water partition coefficient (Wildman–Crippen LogP) is 4.38. The zero-order valence-electron chi connectivity index (χ0n) is 9.81. The highest BCUT2D eigenvalue weighted by molar-refractivity contribution is 9.10. The van der Waals surface area contributed by atoms with Crippen molar-refractivity contribution in [3.05, 3.63) is 33.3 Å². The van der Waals surface area contributed by atoms with E-state index in [1.165, 1.54) is 0 Å². The third-order valence-electron chi connectivity index (χ3n) is 3.39. The van der Waals surface area contributed by atoms with Gasteiger partial charge in [-0.15, -0.1) is 11.6 Å². The minimum Gasteiger partial charge on any atom is -0.345 e. The molecule has 1 N–H and O–H groups in total. The van der Waals surface area contributed by atoms with Crippen molar-refractivity contribution in [2.45, 2.75) is 31.2 Å². The second kappa shape index (κ2) is 5.81. The van der Waals surface area contributed by atoms with E-state index in [2.05, 4.69) is 21.2 Å². The fourth-order valence-electron chi connectivity index (χ4n) is 2.33. The minimum absolute atomic E-state index is 0.149. The van der Waals surface area contributed by atoms with Crippen molar-refractivity contribution >= 4 is 45.0 Å². The molecule has 0 bridgehead atoms. The van der Waals surface area contributed by atoms with Crippen LogP contribution in [0.1, 0.15) is 36.0 Å². The van der Waals surface area contributed by atoms with Gasteiger partial charge in [-0.1, -0.05) is 30.5 Å². The normalized spacial score (nSPS) is 17.7. The van der Waals surface area contributed by atoms with Crippen LogP contribution in [0.4, 0.5) is 0 Å². The van der Waals surface area contributed by atoms with Crippen molar-refractivity contribution in [1.82, 2.24) is 5.32 Å². The second-order valence-electron chi connectivity index (χ2n) is 4.68. The van der Waals surface area contributed by atoms with Gasteiger partial charge in [0.2, 0.25) is 0 Å².